The predicted molar refractivity (Wildman–Crippen MR) is 107 cm³/mol. The van der Waals surface area contributed by atoms with Crippen LogP contribution in [0.25, 0.3) is 0 Å². The molecule has 0 radical (unpaired) electrons. The summed E-state index contributed by atoms with van der Waals surface area (Å²) >= 11 is 9.19. The first-order chi connectivity index (χ1) is 14.7. The van der Waals surface area contributed by atoms with Crippen molar-refractivity contribution in [3.63, 3.8) is 0 Å². The minimum Gasteiger partial charge on any atom is -0.467 e. The summed E-state index contributed by atoms with van der Waals surface area (Å²) in [6.45, 7) is 0. The van der Waals surface area contributed by atoms with Gasteiger partial charge < -0.3 is 10.1 Å². The highest BCUT2D eigenvalue weighted by molar-refractivity contribution is 9.10. The molecule has 1 amide bonds. The van der Waals surface area contributed by atoms with Gasteiger partial charge in [0, 0.05) is 15.9 Å². The van der Waals surface area contributed by atoms with Gasteiger partial charge in [0.15, 0.2) is 0 Å². The third-order valence-corrected chi connectivity index (χ3v) is 5.27. The van der Waals surface area contributed by atoms with Crippen LogP contribution < -0.4 is 5.32 Å². The van der Waals surface area contributed by atoms with E-state index in [4.69, 9.17) is 11.6 Å². The van der Waals surface area contributed by atoms with Gasteiger partial charge in [0.05, 0.1) is 24.7 Å². The Morgan fingerprint density at radius 3 is 2.09 bits per heavy atom. The molecule has 0 aliphatic carbocycles. The maximum absolute atomic E-state index is 13.0. The quantitative estimate of drug-likeness (QED) is 0.380. The van der Waals surface area contributed by atoms with Crippen LogP contribution in [0.1, 0.15) is 22.3 Å². The molecule has 0 fully saturated rings. The van der Waals surface area contributed by atoms with Gasteiger partial charge in [-0.3, -0.25) is 4.79 Å². The number of alkyl halides is 6. The van der Waals surface area contributed by atoms with Gasteiger partial charge in [-0.05, 0) is 47.5 Å². The molecule has 0 aromatic heterocycles. The maximum Gasteiger partial charge on any atom is 0.416 e. The van der Waals surface area contributed by atoms with Crippen LogP contribution in [-0.2, 0) is 39.5 Å². The molecule has 32 heavy (non-hydrogen) atoms. The number of methoxy groups -OCH3 is 1. The molecule has 0 spiro atoms. The minimum atomic E-state index is -5.04. The fourth-order valence-electron chi connectivity index (χ4n) is 2.81. The molecule has 1 atom stereocenters. The van der Waals surface area contributed by atoms with Crippen LogP contribution in [0.5, 0.6) is 0 Å². The van der Waals surface area contributed by atoms with Gasteiger partial charge in [-0.15, -0.1) is 0 Å². The van der Waals surface area contributed by atoms with E-state index in [0.717, 1.165) is 7.11 Å². The smallest absolute Gasteiger partial charge is 0.416 e. The summed E-state index contributed by atoms with van der Waals surface area (Å²) in [5.41, 5.74) is -3.08. The molecule has 4 nitrogen and oxygen atoms in total. The second-order valence-electron chi connectivity index (χ2n) is 6.67. The highest BCUT2D eigenvalue weighted by Gasteiger charge is 2.37. The normalized spacial score (nSPS) is 12.9. The average molecular weight is 547 g/mol. The Balaban J connectivity index is 2.27. The van der Waals surface area contributed by atoms with Crippen molar-refractivity contribution < 1.29 is 40.7 Å². The molecule has 0 saturated carbocycles. The number of carbonyl (C=O) groups excluding carboxylic acids is 2. The number of carbonyl (C=O) groups is 2. The average Bonchev–Trinajstić information content (AvgIpc) is 2.67. The van der Waals surface area contributed by atoms with Crippen LogP contribution in [0.3, 0.4) is 0 Å². The molecule has 0 heterocycles. The third-order valence-electron chi connectivity index (χ3n) is 4.26. The topological polar surface area (TPSA) is 55.4 Å². The molecule has 12 heteroatoms. The predicted octanol–water partition coefficient (Wildman–Crippen LogP) is 5.58. The highest BCUT2D eigenvalue weighted by Crippen LogP contribution is 2.36. The molecule has 0 aliphatic heterocycles. The molecule has 1 N–H and O–H groups in total. The van der Waals surface area contributed by atoms with Crippen molar-refractivity contribution in [2.75, 3.05) is 7.11 Å². The van der Waals surface area contributed by atoms with Crippen molar-refractivity contribution in [1.29, 1.82) is 0 Å². The summed E-state index contributed by atoms with van der Waals surface area (Å²) in [6, 6.07) is 4.33. The van der Waals surface area contributed by atoms with Gasteiger partial charge in [-0.1, -0.05) is 27.5 Å². The molecular formula is C20H15BrClF6NO3. The summed E-state index contributed by atoms with van der Waals surface area (Å²) in [5, 5.41) is 2.64. The van der Waals surface area contributed by atoms with Gasteiger partial charge in [0.2, 0.25) is 5.91 Å². The highest BCUT2D eigenvalue weighted by atomic mass is 79.9. The number of nitrogens with one attached hydrogen (secondary N) is 1. The van der Waals surface area contributed by atoms with E-state index in [-0.39, 0.29) is 12.5 Å². The number of hydrogen-bond donors (Lipinski definition) is 1. The van der Waals surface area contributed by atoms with Gasteiger partial charge in [-0.25, -0.2) is 4.79 Å². The van der Waals surface area contributed by atoms with Gasteiger partial charge >= 0.3 is 18.3 Å². The Kier molecular flexibility index (Phi) is 8.22. The third kappa shape index (κ3) is 7.13. The standard InChI is InChI=1S/C20H15BrClF6NO3/c1-32-18(31)16(8-11-7-14(22)2-3-15(11)21)29-17(30)6-10-4-12(19(23,24)25)9-13(5-10)20(26,27)28/h2-5,7,9,16H,6,8H2,1H3,(H,29,30)/t16-/m1/s1. The Morgan fingerprint density at radius 2 is 1.59 bits per heavy atom. The lowest BCUT2D eigenvalue weighted by Gasteiger charge is -2.18. The SMILES string of the molecule is COC(=O)[C@@H](Cc1cc(Cl)ccc1Br)NC(=O)Cc1cc(C(F)(F)F)cc(C(F)(F)F)c1. The zero-order valence-corrected chi connectivity index (χ0v) is 18.5. The fraction of sp³-hybridized carbons (Fsp3) is 0.300. The minimum absolute atomic E-state index is 0.0324. The van der Waals surface area contributed by atoms with E-state index in [9.17, 15) is 35.9 Å². The lowest BCUT2D eigenvalue weighted by Crippen LogP contribution is -2.43. The van der Waals surface area contributed by atoms with E-state index in [1.807, 2.05) is 0 Å². The van der Waals surface area contributed by atoms with E-state index in [1.165, 1.54) is 6.07 Å². The van der Waals surface area contributed by atoms with Crippen LogP contribution in [-0.4, -0.2) is 25.0 Å². The molecule has 174 valence electrons. The summed E-state index contributed by atoms with van der Waals surface area (Å²) in [7, 11) is 1.07. The number of halogens is 8. The van der Waals surface area contributed by atoms with E-state index >= 15 is 0 Å². The molecular weight excluding hydrogens is 532 g/mol. The molecule has 0 unspecified atom stereocenters. The maximum atomic E-state index is 13.0. The number of rotatable bonds is 6. The van der Waals surface area contributed by atoms with E-state index < -0.39 is 53.4 Å². The van der Waals surface area contributed by atoms with Crippen LogP contribution in [0.4, 0.5) is 26.3 Å². The Bertz CT molecular complexity index is 978. The number of benzene rings is 2. The summed E-state index contributed by atoms with van der Waals surface area (Å²) < 4.78 is 83.2. The van der Waals surface area contributed by atoms with Gasteiger partial charge in [0.1, 0.15) is 6.04 Å². The van der Waals surface area contributed by atoms with Gasteiger partial charge in [-0.2, -0.15) is 26.3 Å². The Hall–Kier alpha value is -2.27. The van der Waals surface area contributed by atoms with Crippen LogP contribution in [0, 0.1) is 0 Å². The number of ether oxygens (including phenoxy) is 1. The largest absolute Gasteiger partial charge is 0.467 e. The van der Waals surface area contributed by atoms with Crippen molar-refractivity contribution in [2.24, 2.45) is 0 Å². The molecule has 0 aliphatic rings. The van der Waals surface area contributed by atoms with Crippen molar-refractivity contribution >= 4 is 39.4 Å². The van der Waals surface area contributed by atoms with E-state index in [2.05, 4.69) is 26.0 Å². The lowest BCUT2D eigenvalue weighted by molar-refractivity contribution is -0.145. The molecule has 2 rings (SSSR count). The second-order valence-corrected chi connectivity index (χ2v) is 7.96. The zero-order valence-electron chi connectivity index (χ0n) is 16.2. The van der Waals surface area contributed by atoms with Gasteiger partial charge in [0.25, 0.3) is 0 Å². The van der Waals surface area contributed by atoms with Crippen molar-refractivity contribution in [1.82, 2.24) is 5.32 Å². The monoisotopic (exact) mass is 545 g/mol. The molecule has 2 aromatic carbocycles. The van der Waals surface area contributed by atoms with Crippen LogP contribution in [0.2, 0.25) is 5.02 Å². The Labute approximate surface area is 192 Å². The molecule has 0 saturated heterocycles. The fourth-order valence-corrected chi connectivity index (χ4v) is 3.41. The number of hydrogen-bond acceptors (Lipinski definition) is 3. The second kappa shape index (κ2) is 10.1. The molecule has 2 aromatic rings. The lowest BCUT2D eigenvalue weighted by atomic mass is 10.0. The van der Waals surface area contributed by atoms with Crippen molar-refractivity contribution in [2.45, 2.75) is 31.2 Å². The summed E-state index contributed by atoms with van der Waals surface area (Å²) in [4.78, 5) is 24.5. The first-order valence-corrected chi connectivity index (χ1v) is 9.97. The van der Waals surface area contributed by atoms with E-state index in [0.29, 0.717) is 27.2 Å². The summed E-state index contributed by atoms with van der Waals surface area (Å²) in [6.07, 6.45) is -11.0. The Morgan fingerprint density at radius 1 is 1.03 bits per heavy atom. The first kappa shape index (κ1) is 26.0. The number of amides is 1. The summed E-state index contributed by atoms with van der Waals surface area (Å²) in [5.74, 6) is -1.82. The number of esters is 1. The van der Waals surface area contributed by atoms with Crippen LogP contribution >= 0.6 is 27.5 Å². The van der Waals surface area contributed by atoms with Crippen molar-refractivity contribution in [3.8, 4) is 0 Å². The van der Waals surface area contributed by atoms with Crippen LogP contribution in [0.15, 0.2) is 40.9 Å². The van der Waals surface area contributed by atoms with Crippen molar-refractivity contribution in [3.05, 3.63) is 68.1 Å². The molecule has 0 bridgehead atoms. The van der Waals surface area contributed by atoms with E-state index in [1.54, 1.807) is 12.1 Å². The first-order valence-electron chi connectivity index (χ1n) is 8.80. The zero-order chi connectivity index (χ0) is 24.3.